The van der Waals surface area contributed by atoms with Crippen molar-refractivity contribution in [1.29, 1.82) is 0 Å². The van der Waals surface area contributed by atoms with Crippen molar-refractivity contribution in [1.82, 2.24) is 5.32 Å². The highest BCUT2D eigenvalue weighted by Crippen LogP contribution is 2.24. The summed E-state index contributed by atoms with van der Waals surface area (Å²) < 4.78 is 5.39. The first-order valence-electron chi connectivity index (χ1n) is 7.56. The lowest BCUT2D eigenvalue weighted by Gasteiger charge is -2.26. The van der Waals surface area contributed by atoms with Gasteiger partial charge < -0.3 is 15.0 Å². The normalized spacial score (nSPS) is 19.3. The average Bonchev–Trinajstić information content (AvgIpc) is 2.46. The van der Waals surface area contributed by atoms with Crippen LogP contribution in [0.25, 0.3) is 0 Å². The van der Waals surface area contributed by atoms with E-state index in [4.69, 9.17) is 4.74 Å². The van der Waals surface area contributed by atoms with Crippen LogP contribution in [0.3, 0.4) is 0 Å². The van der Waals surface area contributed by atoms with Gasteiger partial charge in [-0.1, -0.05) is 32.9 Å². The van der Waals surface area contributed by atoms with E-state index in [9.17, 15) is 4.79 Å². The van der Waals surface area contributed by atoms with E-state index in [2.05, 4.69) is 38.2 Å². The molecule has 1 aromatic rings. The van der Waals surface area contributed by atoms with Crippen molar-refractivity contribution < 1.29 is 9.53 Å². The topological polar surface area (TPSA) is 41.6 Å². The van der Waals surface area contributed by atoms with Crippen molar-refractivity contribution in [2.45, 2.75) is 38.6 Å². The Labute approximate surface area is 127 Å². The minimum Gasteiger partial charge on any atom is -0.378 e. The second-order valence-electron chi connectivity index (χ2n) is 6.68. The van der Waals surface area contributed by atoms with E-state index < -0.39 is 0 Å². The highest BCUT2D eigenvalue weighted by atomic mass is 16.5. The second-order valence-corrected chi connectivity index (χ2v) is 6.68. The summed E-state index contributed by atoms with van der Waals surface area (Å²) in [6.07, 6.45) is 0.470. The number of rotatable bonds is 3. The van der Waals surface area contributed by atoms with Gasteiger partial charge in [0, 0.05) is 31.7 Å². The van der Waals surface area contributed by atoms with Gasteiger partial charge in [0.1, 0.15) is 0 Å². The molecule has 1 heterocycles. The molecule has 1 saturated heterocycles. The number of nitrogens with zero attached hydrogens (tertiary/aromatic N) is 1. The third-order valence-electron chi connectivity index (χ3n) is 3.91. The molecule has 0 bridgehead atoms. The smallest absolute Gasteiger partial charge is 0.228 e. The van der Waals surface area contributed by atoms with Gasteiger partial charge in [-0.05, 0) is 23.1 Å². The number of nitrogens with one attached hydrogen (secondary N) is 1. The van der Waals surface area contributed by atoms with Gasteiger partial charge in [0.2, 0.25) is 5.91 Å². The number of amides is 1. The van der Waals surface area contributed by atoms with Crippen molar-refractivity contribution in [2.75, 3.05) is 31.7 Å². The van der Waals surface area contributed by atoms with Crippen molar-refractivity contribution in [3.63, 3.8) is 0 Å². The summed E-state index contributed by atoms with van der Waals surface area (Å²) in [5, 5.41) is 3.31. The summed E-state index contributed by atoms with van der Waals surface area (Å²) in [6.45, 7) is 8.72. The van der Waals surface area contributed by atoms with E-state index in [1.54, 1.807) is 4.90 Å². The zero-order valence-electron chi connectivity index (χ0n) is 13.5. The predicted octanol–water partition coefficient (Wildman–Crippen LogP) is 2.33. The van der Waals surface area contributed by atoms with Gasteiger partial charge in [0.25, 0.3) is 0 Å². The molecule has 1 aromatic carbocycles. The maximum Gasteiger partial charge on any atom is 0.228 e. The number of morpholine rings is 1. The molecule has 1 atom stereocenters. The van der Waals surface area contributed by atoms with Gasteiger partial charge in [-0.15, -0.1) is 0 Å². The molecule has 0 spiro atoms. The zero-order valence-corrected chi connectivity index (χ0v) is 13.5. The Hall–Kier alpha value is -1.39. The van der Waals surface area contributed by atoms with E-state index in [1.165, 1.54) is 5.56 Å². The lowest BCUT2D eigenvalue weighted by molar-refractivity contribution is -0.119. The SMILES string of the molecule is CN(C(=O)CC1COCCN1)c1ccc(C(C)(C)C)cc1. The highest BCUT2D eigenvalue weighted by molar-refractivity contribution is 5.93. The molecule has 2 rings (SSSR count). The number of hydrogen-bond acceptors (Lipinski definition) is 3. The number of anilines is 1. The number of hydrogen-bond donors (Lipinski definition) is 1. The van der Waals surface area contributed by atoms with Crippen LogP contribution in [0.1, 0.15) is 32.8 Å². The summed E-state index contributed by atoms with van der Waals surface area (Å²) in [4.78, 5) is 14.0. The third kappa shape index (κ3) is 4.29. The van der Waals surface area contributed by atoms with Crippen LogP contribution in [0.2, 0.25) is 0 Å². The monoisotopic (exact) mass is 290 g/mol. The van der Waals surface area contributed by atoms with Crippen molar-refractivity contribution in [2.24, 2.45) is 0 Å². The number of carbonyl (C=O) groups is 1. The quantitative estimate of drug-likeness (QED) is 0.929. The van der Waals surface area contributed by atoms with Crippen LogP contribution < -0.4 is 10.2 Å². The van der Waals surface area contributed by atoms with Crippen LogP contribution in [0, 0.1) is 0 Å². The third-order valence-corrected chi connectivity index (χ3v) is 3.91. The van der Waals surface area contributed by atoms with Gasteiger partial charge in [-0.25, -0.2) is 0 Å². The van der Waals surface area contributed by atoms with Crippen LogP contribution in [0.15, 0.2) is 24.3 Å². The van der Waals surface area contributed by atoms with E-state index in [-0.39, 0.29) is 17.4 Å². The highest BCUT2D eigenvalue weighted by Gasteiger charge is 2.20. The largest absolute Gasteiger partial charge is 0.378 e. The Morgan fingerprint density at radius 1 is 1.33 bits per heavy atom. The molecular formula is C17H26N2O2. The summed E-state index contributed by atoms with van der Waals surface area (Å²) in [7, 11) is 1.83. The van der Waals surface area contributed by atoms with Crippen LogP contribution in [0.5, 0.6) is 0 Å². The maximum atomic E-state index is 12.3. The Kier molecular flexibility index (Phi) is 5.01. The fourth-order valence-corrected chi connectivity index (χ4v) is 2.43. The Morgan fingerprint density at radius 2 is 2.00 bits per heavy atom. The van der Waals surface area contributed by atoms with Crippen molar-refractivity contribution >= 4 is 11.6 Å². The lowest BCUT2D eigenvalue weighted by atomic mass is 9.87. The second kappa shape index (κ2) is 6.58. The molecule has 1 aliphatic heterocycles. The molecule has 0 saturated carbocycles. The minimum atomic E-state index is 0.113. The molecule has 4 heteroatoms. The molecule has 1 aliphatic rings. The molecule has 1 unspecified atom stereocenters. The summed E-state index contributed by atoms with van der Waals surface area (Å²) in [5.41, 5.74) is 2.34. The molecule has 0 aromatic heterocycles. The first kappa shape index (κ1) is 16.0. The molecule has 0 radical (unpaired) electrons. The van der Waals surface area contributed by atoms with Crippen LogP contribution in [0.4, 0.5) is 5.69 Å². The summed E-state index contributed by atoms with van der Waals surface area (Å²) in [6, 6.07) is 8.36. The van der Waals surface area contributed by atoms with Crippen LogP contribution in [-0.2, 0) is 14.9 Å². The minimum absolute atomic E-state index is 0.113. The molecule has 1 fully saturated rings. The number of carbonyl (C=O) groups excluding carboxylic acids is 1. The van der Waals surface area contributed by atoms with Gasteiger partial charge in [0.05, 0.1) is 13.2 Å². The van der Waals surface area contributed by atoms with Gasteiger partial charge in [-0.2, -0.15) is 0 Å². The van der Waals surface area contributed by atoms with Crippen molar-refractivity contribution in [3.05, 3.63) is 29.8 Å². The summed E-state index contributed by atoms with van der Waals surface area (Å²) in [5.74, 6) is 0.113. The fraction of sp³-hybridized carbons (Fsp3) is 0.588. The van der Waals surface area contributed by atoms with Gasteiger partial charge in [0.15, 0.2) is 0 Å². The molecule has 21 heavy (non-hydrogen) atoms. The zero-order chi connectivity index (χ0) is 15.5. The molecule has 0 aliphatic carbocycles. The lowest BCUT2D eigenvalue weighted by Crippen LogP contribution is -2.44. The standard InChI is InChI=1S/C17H26N2O2/c1-17(2,3)13-5-7-15(8-6-13)19(4)16(20)11-14-12-21-10-9-18-14/h5-8,14,18H,9-12H2,1-4H3. The van der Waals surface area contributed by atoms with Crippen LogP contribution >= 0.6 is 0 Å². The van der Waals surface area contributed by atoms with Crippen LogP contribution in [-0.4, -0.2) is 38.8 Å². The number of ether oxygens (including phenoxy) is 1. The molecule has 1 amide bonds. The molecule has 116 valence electrons. The Bertz CT molecular complexity index is 471. The van der Waals surface area contributed by atoms with E-state index in [0.717, 1.165) is 18.8 Å². The Morgan fingerprint density at radius 3 is 2.52 bits per heavy atom. The first-order valence-corrected chi connectivity index (χ1v) is 7.56. The molecular weight excluding hydrogens is 264 g/mol. The van der Waals surface area contributed by atoms with Gasteiger partial charge in [-0.3, -0.25) is 4.79 Å². The molecule has 4 nitrogen and oxygen atoms in total. The van der Waals surface area contributed by atoms with E-state index >= 15 is 0 Å². The number of benzene rings is 1. The van der Waals surface area contributed by atoms with Gasteiger partial charge >= 0.3 is 0 Å². The van der Waals surface area contributed by atoms with Crippen molar-refractivity contribution in [3.8, 4) is 0 Å². The maximum absolute atomic E-state index is 12.3. The Balaban J connectivity index is 1.98. The predicted molar refractivity (Wildman–Crippen MR) is 85.8 cm³/mol. The molecule has 1 N–H and O–H groups in total. The average molecular weight is 290 g/mol. The summed E-state index contributed by atoms with van der Waals surface area (Å²) >= 11 is 0. The fourth-order valence-electron chi connectivity index (χ4n) is 2.43. The van der Waals surface area contributed by atoms with E-state index in [0.29, 0.717) is 13.0 Å². The first-order chi connectivity index (χ1) is 9.88. The van der Waals surface area contributed by atoms with E-state index in [1.807, 2.05) is 19.2 Å².